The van der Waals surface area contributed by atoms with Crippen LogP contribution in [0.5, 0.6) is 0 Å². The van der Waals surface area contributed by atoms with Crippen molar-refractivity contribution in [3.05, 3.63) is 77.1 Å². The van der Waals surface area contributed by atoms with Crippen LogP contribution < -0.4 is 10.6 Å². The van der Waals surface area contributed by atoms with E-state index in [2.05, 4.69) is 40.0 Å². The number of hydrogen-bond donors (Lipinski definition) is 2. The Morgan fingerprint density at radius 3 is 2.65 bits per heavy atom. The molecule has 174 valence electrons. The normalized spacial score (nSPS) is 13.1. The van der Waals surface area contributed by atoms with Gasteiger partial charge in [-0.15, -0.1) is 0 Å². The van der Waals surface area contributed by atoms with E-state index >= 15 is 0 Å². The number of fused-ring (bicyclic) bond motifs is 2. The molecule has 0 saturated heterocycles. The number of carbonyl (C=O) groups is 1. The Kier molecular flexibility index (Phi) is 6.25. The molecule has 0 aliphatic heterocycles. The summed E-state index contributed by atoms with van der Waals surface area (Å²) in [5, 5.41) is 12.2. The molecule has 0 radical (unpaired) electrons. The Bertz CT molecular complexity index is 1310. The second kappa shape index (κ2) is 9.63. The summed E-state index contributed by atoms with van der Waals surface area (Å²) in [5.41, 5.74) is 5.50. The molecular formula is C27H30N6O. The molecule has 2 aromatic carbocycles. The Balaban J connectivity index is 1.49. The summed E-state index contributed by atoms with van der Waals surface area (Å²) in [7, 11) is 0. The predicted octanol–water partition coefficient (Wildman–Crippen LogP) is 4.58. The van der Waals surface area contributed by atoms with Gasteiger partial charge in [-0.2, -0.15) is 14.8 Å². The zero-order chi connectivity index (χ0) is 23.5. The molecule has 2 heterocycles. The molecule has 7 heteroatoms. The third-order valence-electron chi connectivity index (χ3n) is 6.34. The molecule has 1 aliphatic carbocycles. The lowest BCUT2D eigenvalue weighted by molar-refractivity contribution is -0.124. The fourth-order valence-electron chi connectivity index (χ4n) is 4.41. The molecule has 1 aliphatic rings. The summed E-state index contributed by atoms with van der Waals surface area (Å²) in [5.74, 6) is 1.46. The van der Waals surface area contributed by atoms with Crippen LogP contribution in [0.3, 0.4) is 0 Å². The molecule has 2 N–H and O–H groups in total. The number of benzene rings is 2. The minimum atomic E-state index is -0.0485. The van der Waals surface area contributed by atoms with Gasteiger partial charge in [0.15, 0.2) is 0 Å². The van der Waals surface area contributed by atoms with Gasteiger partial charge in [0, 0.05) is 30.0 Å². The van der Waals surface area contributed by atoms with Gasteiger partial charge in [0.2, 0.25) is 5.91 Å². The Morgan fingerprint density at radius 2 is 1.82 bits per heavy atom. The minimum absolute atomic E-state index is 0.0385. The summed E-state index contributed by atoms with van der Waals surface area (Å²) in [6.07, 6.45) is 6.09. The summed E-state index contributed by atoms with van der Waals surface area (Å²) < 4.78 is 1.81. The van der Waals surface area contributed by atoms with Gasteiger partial charge < -0.3 is 10.6 Å². The molecule has 7 nitrogen and oxygen atoms in total. The average molecular weight is 455 g/mol. The molecule has 0 spiro atoms. The molecule has 5 rings (SSSR count). The Labute approximate surface area is 199 Å². The predicted molar refractivity (Wildman–Crippen MR) is 134 cm³/mol. The van der Waals surface area contributed by atoms with Crippen LogP contribution in [0.15, 0.2) is 54.7 Å². The van der Waals surface area contributed by atoms with E-state index in [0.29, 0.717) is 19.0 Å². The van der Waals surface area contributed by atoms with Gasteiger partial charge in [-0.1, -0.05) is 56.3 Å². The van der Waals surface area contributed by atoms with Crippen LogP contribution in [0.4, 0.5) is 5.82 Å². The fourth-order valence-corrected chi connectivity index (χ4v) is 4.41. The highest BCUT2D eigenvalue weighted by molar-refractivity contribution is 5.84. The largest absolute Gasteiger partial charge is 0.366 e. The van der Waals surface area contributed by atoms with Gasteiger partial charge in [0.05, 0.1) is 17.4 Å². The number of amides is 1. The van der Waals surface area contributed by atoms with Gasteiger partial charge in [-0.3, -0.25) is 4.79 Å². The zero-order valence-electron chi connectivity index (χ0n) is 19.7. The number of aryl methyl sites for hydroxylation is 1. The van der Waals surface area contributed by atoms with Crippen LogP contribution in [0, 0.1) is 5.92 Å². The van der Waals surface area contributed by atoms with Crippen molar-refractivity contribution in [1.82, 2.24) is 25.1 Å². The van der Waals surface area contributed by atoms with E-state index in [4.69, 9.17) is 9.97 Å². The molecule has 0 atom stereocenters. The van der Waals surface area contributed by atoms with E-state index in [-0.39, 0.29) is 11.8 Å². The molecule has 1 amide bonds. The summed E-state index contributed by atoms with van der Waals surface area (Å²) >= 11 is 0. The van der Waals surface area contributed by atoms with E-state index in [0.717, 1.165) is 53.7 Å². The number of hydrogen-bond acceptors (Lipinski definition) is 5. The standard InChI is InChI=1S/C27H30N6O/c1-18(2)26(34)29-16-20-11-8-14-24-22(20)17-30-33(24)27-31-23-13-7-6-12-21(23)25(32-27)28-15-19-9-4-3-5-10-19/h3-5,8-11,14,17-18H,6-7,12-13,15-16H2,1-2H3,(H,29,34)(H,28,31,32). The maximum Gasteiger partial charge on any atom is 0.253 e. The highest BCUT2D eigenvalue weighted by Gasteiger charge is 2.20. The van der Waals surface area contributed by atoms with Gasteiger partial charge >= 0.3 is 0 Å². The van der Waals surface area contributed by atoms with Crippen molar-refractivity contribution < 1.29 is 4.79 Å². The van der Waals surface area contributed by atoms with Crippen molar-refractivity contribution in [3.8, 4) is 5.95 Å². The van der Waals surface area contributed by atoms with Crippen molar-refractivity contribution in [2.24, 2.45) is 5.92 Å². The molecule has 0 unspecified atom stereocenters. The van der Waals surface area contributed by atoms with Crippen molar-refractivity contribution in [3.63, 3.8) is 0 Å². The molecule has 0 fully saturated rings. The van der Waals surface area contributed by atoms with E-state index in [1.165, 1.54) is 11.1 Å². The summed E-state index contributed by atoms with van der Waals surface area (Å²) in [6, 6.07) is 16.4. The summed E-state index contributed by atoms with van der Waals surface area (Å²) in [6.45, 7) is 4.97. The van der Waals surface area contributed by atoms with Crippen molar-refractivity contribution in [1.29, 1.82) is 0 Å². The highest BCUT2D eigenvalue weighted by Crippen LogP contribution is 2.28. The van der Waals surface area contributed by atoms with Crippen LogP contribution in [0.1, 0.15) is 49.1 Å². The summed E-state index contributed by atoms with van der Waals surface area (Å²) in [4.78, 5) is 21.9. The maximum atomic E-state index is 12.1. The molecule has 4 aromatic rings. The third kappa shape index (κ3) is 4.51. The van der Waals surface area contributed by atoms with E-state index in [1.807, 2.05) is 49.0 Å². The fraction of sp³-hybridized carbons (Fsp3) is 0.333. The quantitative estimate of drug-likeness (QED) is 0.427. The Morgan fingerprint density at radius 1 is 1.00 bits per heavy atom. The number of nitrogens with one attached hydrogen (secondary N) is 2. The SMILES string of the molecule is CC(C)C(=O)NCc1cccc2c1cnn2-c1nc2c(c(NCc3ccccc3)n1)CCCC2. The van der Waals surface area contributed by atoms with Crippen molar-refractivity contribution >= 4 is 22.6 Å². The zero-order valence-corrected chi connectivity index (χ0v) is 19.7. The first-order valence-corrected chi connectivity index (χ1v) is 12.0. The average Bonchev–Trinajstić information content (AvgIpc) is 3.31. The molecule has 34 heavy (non-hydrogen) atoms. The number of nitrogens with zero attached hydrogens (tertiary/aromatic N) is 4. The van der Waals surface area contributed by atoms with Crippen molar-refractivity contribution in [2.45, 2.75) is 52.6 Å². The first-order valence-electron chi connectivity index (χ1n) is 12.0. The first kappa shape index (κ1) is 22.1. The maximum absolute atomic E-state index is 12.1. The highest BCUT2D eigenvalue weighted by atomic mass is 16.1. The molecule has 0 bridgehead atoms. The van der Waals surface area contributed by atoms with E-state index < -0.39 is 0 Å². The second-order valence-corrected chi connectivity index (χ2v) is 9.12. The number of carbonyl (C=O) groups excluding carboxylic acids is 1. The van der Waals surface area contributed by atoms with Crippen molar-refractivity contribution in [2.75, 3.05) is 5.32 Å². The van der Waals surface area contributed by atoms with Gasteiger partial charge in [-0.25, -0.2) is 4.98 Å². The monoisotopic (exact) mass is 454 g/mol. The van der Waals surface area contributed by atoms with Crippen LogP contribution in [-0.2, 0) is 30.7 Å². The number of anilines is 1. The Hall–Kier alpha value is -3.74. The lowest BCUT2D eigenvalue weighted by Crippen LogP contribution is -2.27. The first-order chi connectivity index (χ1) is 16.6. The third-order valence-corrected chi connectivity index (χ3v) is 6.34. The van der Waals surface area contributed by atoms with Crippen LogP contribution >= 0.6 is 0 Å². The lowest BCUT2D eigenvalue weighted by Gasteiger charge is -2.20. The van der Waals surface area contributed by atoms with Gasteiger partial charge in [-0.05, 0) is 42.9 Å². The van der Waals surface area contributed by atoms with Gasteiger partial charge in [0.25, 0.3) is 5.95 Å². The second-order valence-electron chi connectivity index (χ2n) is 9.12. The van der Waals surface area contributed by atoms with Crippen LogP contribution in [-0.4, -0.2) is 25.7 Å². The minimum Gasteiger partial charge on any atom is -0.366 e. The topological polar surface area (TPSA) is 84.7 Å². The van der Waals surface area contributed by atoms with E-state index in [9.17, 15) is 4.79 Å². The molecule has 2 aromatic heterocycles. The van der Waals surface area contributed by atoms with Crippen LogP contribution in [0.2, 0.25) is 0 Å². The molecule has 0 saturated carbocycles. The van der Waals surface area contributed by atoms with E-state index in [1.54, 1.807) is 0 Å². The van der Waals surface area contributed by atoms with Crippen LogP contribution in [0.25, 0.3) is 16.9 Å². The molecular weight excluding hydrogens is 424 g/mol. The van der Waals surface area contributed by atoms with Gasteiger partial charge in [0.1, 0.15) is 5.82 Å². The number of aromatic nitrogens is 4. The number of rotatable bonds is 7. The lowest BCUT2D eigenvalue weighted by atomic mass is 9.96. The smallest absolute Gasteiger partial charge is 0.253 e.